The Kier molecular flexibility index (Phi) is 8.38. The van der Waals surface area contributed by atoms with E-state index in [0.717, 1.165) is 31.3 Å². The van der Waals surface area contributed by atoms with E-state index in [0.29, 0.717) is 38.0 Å². The van der Waals surface area contributed by atoms with Crippen LogP contribution in [0.4, 0.5) is 0 Å². The number of carboxylic acids is 2. The normalized spacial score (nSPS) is 53.1. The SMILES string of the molecule is C[C@H]1[C@H]2C3=CC[C@@H]4[C@@]5(C)CC[C@H](O[C@@H]6O[C@H](CO)[C@@H](O)[C@H](O)[C@H]6O)C(C)(C)[C@@H]5CC[C@@]4(C)[C@]3(C(=O)O)CC[C@@]2(C(=O)O)CC[C@@H]1C. The van der Waals surface area contributed by atoms with Crippen LogP contribution in [0, 0.1) is 56.7 Å². The van der Waals surface area contributed by atoms with Gasteiger partial charge in [0.15, 0.2) is 6.29 Å². The first-order valence-corrected chi connectivity index (χ1v) is 17.6. The third-order valence-electron chi connectivity index (χ3n) is 15.3. The molecule has 0 amide bonds. The number of ether oxygens (including phenoxy) is 2. The summed E-state index contributed by atoms with van der Waals surface area (Å²) in [6.45, 7) is 12.6. The highest BCUT2D eigenvalue weighted by Crippen LogP contribution is 2.76. The standard InChI is InChI=1S/C36H56O10/c1-18-9-14-35(30(41)42)15-16-36(31(43)44)20(25(35)19(18)2)7-8-23-33(5)12-11-24(32(3,4)22(33)10-13-34(23,36)6)46-29-28(40)27(39)26(38)21(17-37)45-29/h7,18-19,21-29,37-40H,8-17H2,1-6H3,(H,41,42)(H,43,44)/t18-,19+,21+,22-,23+,24-,25-,26+,27-,28+,29-,33-,34+,35-,36+/m0/s1. The second kappa shape index (κ2) is 11.2. The molecule has 1 saturated heterocycles. The van der Waals surface area contributed by atoms with Gasteiger partial charge >= 0.3 is 11.9 Å². The van der Waals surface area contributed by atoms with Crippen LogP contribution in [0.25, 0.3) is 0 Å². The lowest BCUT2D eigenvalue weighted by Gasteiger charge is -2.70. The van der Waals surface area contributed by atoms with E-state index in [2.05, 4.69) is 47.6 Å². The van der Waals surface area contributed by atoms with E-state index < -0.39 is 70.9 Å². The maximum absolute atomic E-state index is 13.8. The van der Waals surface area contributed by atoms with Gasteiger partial charge in [-0.25, -0.2) is 0 Å². The Bertz CT molecular complexity index is 1260. The highest BCUT2D eigenvalue weighted by atomic mass is 16.7. The molecule has 260 valence electrons. The van der Waals surface area contributed by atoms with Gasteiger partial charge in [-0.15, -0.1) is 0 Å². The molecule has 0 aromatic carbocycles. The van der Waals surface area contributed by atoms with Crippen LogP contribution in [0.2, 0.25) is 0 Å². The molecule has 5 fully saturated rings. The first-order valence-electron chi connectivity index (χ1n) is 17.6. The van der Waals surface area contributed by atoms with Crippen molar-refractivity contribution in [2.45, 2.75) is 136 Å². The second-order valence-corrected chi connectivity index (χ2v) is 17.2. The Labute approximate surface area is 272 Å². The highest BCUT2D eigenvalue weighted by Gasteiger charge is 2.73. The van der Waals surface area contributed by atoms with E-state index in [-0.39, 0.29) is 35.2 Å². The predicted octanol–water partition coefficient (Wildman–Crippen LogP) is 3.98. The summed E-state index contributed by atoms with van der Waals surface area (Å²) in [4.78, 5) is 26.8. The van der Waals surface area contributed by atoms with Crippen LogP contribution < -0.4 is 0 Å². The van der Waals surface area contributed by atoms with E-state index in [1.54, 1.807) is 0 Å². The fraction of sp³-hybridized carbons (Fsp3) is 0.889. The smallest absolute Gasteiger partial charge is 0.314 e. The van der Waals surface area contributed by atoms with Crippen LogP contribution in [0.1, 0.15) is 99.3 Å². The lowest BCUT2D eigenvalue weighted by molar-refractivity contribution is -0.330. The number of fused-ring (bicyclic) bond motifs is 7. The van der Waals surface area contributed by atoms with Gasteiger partial charge in [-0.1, -0.05) is 53.2 Å². The summed E-state index contributed by atoms with van der Waals surface area (Å²) < 4.78 is 12.1. The van der Waals surface area contributed by atoms with Crippen LogP contribution >= 0.6 is 0 Å². The summed E-state index contributed by atoms with van der Waals surface area (Å²) in [5.41, 5.74) is -2.32. The van der Waals surface area contributed by atoms with Crippen molar-refractivity contribution in [3.8, 4) is 0 Å². The van der Waals surface area contributed by atoms with Gasteiger partial charge in [-0.05, 0) is 104 Å². The fourth-order valence-corrected chi connectivity index (χ4v) is 12.6. The molecule has 4 saturated carbocycles. The molecule has 46 heavy (non-hydrogen) atoms. The molecular formula is C36H56O10. The molecule has 0 unspecified atom stereocenters. The highest BCUT2D eigenvalue weighted by molar-refractivity contribution is 5.84. The van der Waals surface area contributed by atoms with Crippen molar-refractivity contribution in [2.24, 2.45) is 56.7 Å². The molecule has 6 N–H and O–H groups in total. The average Bonchev–Trinajstić information content (AvgIpc) is 2.99. The summed E-state index contributed by atoms with van der Waals surface area (Å²) in [5.74, 6) is -1.24. The zero-order chi connectivity index (χ0) is 33.8. The molecule has 1 heterocycles. The van der Waals surface area contributed by atoms with Gasteiger partial charge in [-0.2, -0.15) is 0 Å². The van der Waals surface area contributed by atoms with Crippen LogP contribution in [0.3, 0.4) is 0 Å². The molecule has 1 aliphatic heterocycles. The van der Waals surface area contributed by atoms with Gasteiger partial charge in [-0.3, -0.25) is 9.59 Å². The molecule has 0 spiro atoms. The zero-order valence-electron chi connectivity index (χ0n) is 28.3. The van der Waals surface area contributed by atoms with E-state index in [9.17, 15) is 40.2 Å². The lowest BCUT2D eigenvalue weighted by atomic mass is 9.33. The summed E-state index contributed by atoms with van der Waals surface area (Å²) in [5, 5.41) is 63.0. The van der Waals surface area contributed by atoms with Crippen molar-refractivity contribution in [3.63, 3.8) is 0 Å². The van der Waals surface area contributed by atoms with E-state index in [4.69, 9.17) is 9.47 Å². The molecule has 6 rings (SSSR count). The summed E-state index contributed by atoms with van der Waals surface area (Å²) in [6.07, 6.45) is 0.942. The van der Waals surface area contributed by atoms with Crippen LogP contribution in [-0.4, -0.2) is 86.0 Å². The Hall–Kier alpha value is -1.56. The fourth-order valence-electron chi connectivity index (χ4n) is 12.6. The molecule has 6 aliphatic rings. The van der Waals surface area contributed by atoms with Gasteiger partial charge in [0.2, 0.25) is 0 Å². The van der Waals surface area contributed by atoms with Crippen LogP contribution in [0.5, 0.6) is 0 Å². The number of allylic oxidation sites excluding steroid dienone is 1. The number of hydrogen-bond acceptors (Lipinski definition) is 8. The van der Waals surface area contributed by atoms with Gasteiger partial charge in [0.05, 0.1) is 23.5 Å². The molecular weight excluding hydrogens is 592 g/mol. The van der Waals surface area contributed by atoms with Gasteiger partial charge in [0.1, 0.15) is 24.4 Å². The molecule has 5 aliphatic carbocycles. The number of carboxylic acid groups (broad SMARTS) is 2. The number of aliphatic carboxylic acids is 2. The van der Waals surface area contributed by atoms with E-state index in [1.807, 2.05) is 0 Å². The van der Waals surface area contributed by atoms with Gasteiger partial charge in [0.25, 0.3) is 0 Å². The molecule has 10 heteroatoms. The molecule has 0 radical (unpaired) electrons. The largest absolute Gasteiger partial charge is 0.481 e. The summed E-state index contributed by atoms with van der Waals surface area (Å²) >= 11 is 0. The molecule has 15 atom stereocenters. The van der Waals surface area contributed by atoms with Crippen molar-refractivity contribution in [2.75, 3.05) is 6.61 Å². The Morgan fingerprint density at radius 1 is 0.870 bits per heavy atom. The first kappa shape index (κ1) is 34.3. The van der Waals surface area contributed by atoms with Crippen LogP contribution in [-0.2, 0) is 19.1 Å². The predicted molar refractivity (Wildman–Crippen MR) is 167 cm³/mol. The number of hydrogen-bond donors (Lipinski definition) is 6. The number of rotatable bonds is 5. The maximum atomic E-state index is 13.8. The van der Waals surface area contributed by atoms with Gasteiger partial charge < -0.3 is 40.1 Å². The van der Waals surface area contributed by atoms with Crippen molar-refractivity contribution in [1.29, 1.82) is 0 Å². The molecule has 0 bridgehead atoms. The molecule has 0 aromatic heterocycles. The Balaban J connectivity index is 1.34. The topological polar surface area (TPSA) is 174 Å². The minimum Gasteiger partial charge on any atom is -0.481 e. The van der Waals surface area contributed by atoms with Crippen LogP contribution in [0.15, 0.2) is 11.6 Å². The van der Waals surface area contributed by atoms with Crippen molar-refractivity contribution in [3.05, 3.63) is 11.6 Å². The third-order valence-corrected chi connectivity index (χ3v) is 15.3. The monoisotopic (exact) mass is 648 g/mol. The third kappa shape index (κ3) is 4.35. The Morgan fingerprint density at radius 2 is 1.57 bits per heavy atom. The average molecular weight is 649 g/mol. The lowest BCUT2D eigenvalue weighted by Crippen LogP contribution is -2.68. The number of aliphatic hydroxyl groups excluding tert-OH is 4. The summed E-state index contributed by atoms with van der Waals surface area (Å²) in [7, 11) is 0. The van der Waals surface area contributed by atoms with E-state index >= 15 is 0 Å². The van der Waals surface area contributed by atoms with Crippen molar-refractivity contribution in [1.82, 2.24) is 0 Å². The minimum atomic E-state index is -1.51. The minimum absolute atomic E-state index is 0.0692. The number of carbonyl (C=O) groups is 2. The molecule has 0 aromatic rings. The van der Waals surface area contributed by atoms with Gasteiger partial charge in [0, 0.05) is 0 Å². The second-order valence-electron chi connectivity index (χ2n) is 17.2. The zero-order valence-corrected chi connectivity index (χ0v) is 28.3. The molecule has 10 nitrogen and oxygen atoms in total. The Morgan fingerprint density at radius 3 is 2.20 bits per heavy atom. The van der Waals surface area contributed by atoms with E-state index in [1.165, 1.54) is 0 Å². The number of aliphatic hydroxyl groups is 4. The quantitative estimate of drug-likeness (QED) is 0.189. The maximum Gasteiger partial charge on any atom is 0.314 e. The van der Waals surface area contributed by atoms with Crippen molar-refractivity contribution < 1.29 is 49.7 Å². The summed E-state index contributed by atoms with van der Waals surface area (Å²) in [6, 6.07) is 0. The van der Waals surface area contributed by atoms with Crippen molar-refractivity contribution >= 4 is 11.9 Å². The first-order chi connectivity index (χ1) is 21.4.